The Bertz CT molecular complexity index is 989. The lowest BCUT2D eigenvalue weighted by Gasteiger charge is -2.18. The summed E-state index contributed by atoms with van der Waals surface area (Å²) < 4.78 is 5.20. The van der Waals surface area contributed by atoms with E-state index in [1.807, 2.05) is 32.0 Å². The molecule has 0 radical (unpaired) electrons. The molecule has 3 heterocycles. The van der Waals surface area contributed by atoms with Crippen molar-refractivity contribution in [2.45, 2.75) is 39.7 Å². The highest BCUT2D eigenvalue weighted by molar-refractivity contribution is 6.00. The summed E-state index contributed by atoms with van der Waals surface area (Å²) in [6.45, 7) is 6.38. The van der Waals surface area contributed by atoms with Crippen molar-refractivity contribution in [1.82, 2.24) is 20.3 Å². The van der Waals surface area contributed by atoms with E-state index in [4.69, 9.17) is 4.74 Å². The zero-order valence-electron chi connectivity index (χ0n) is 18.2. The van der Waals surface area contributed by atoms with Crippen molar-refractivity contribution in [3.05, 3.63) is 35.2 Å². The molecule has 31 heavy (non-hydrogen) atoms. The van der Waals surface area contributed by atoms with Gasteiger partial charge in [0.05, 0.1) is 19.6 Å². The minimum atomic E-state index is -0.407. The molecule has 4 rings (SSSR count). The van der Waals surface area contributed by atoms with Crippen molar-refractivity contribution in [3.8, 4) is 6.01 Å². The number of aryl methyl sites for hydroxylation is 2. The van der Waals surface area contributed by atoms with Crippen molar-refractivity contribution >= 4 is 23.5 Å². The van der Waals surface area contributed by atoms with Crippen LogP contribution in [0.1, 0.15) is 36.2 Å². The predicted octanol–water partition coefficient (Wildman–Crippen LogP) is 1.77. The zero-order valence-corrected chi connectivity index (χ0v) is 18.2. The Hall–Kier alpha value is -3.23. The second-order valence-corrected chi connectivity index (χ2v) is 8.12. The third-order valence-electron chi connectivity index (χ3n) is 5.94. The van der Waals surface area contributed by atoms with Crippen molar-refractivity contribution in [1.29, 1.82) is 0 Å². The molecule has 2 fully saturated rings. The molecule has 0 saturated carbocycles. The summed E-state index contributed by atoms with van der Waals surface area (Å²) in [5.74, 6) is 0.391. The number of aromatic nitrogens is 3. The molecule has 2 aromatic rings. The van der Waals surface area contributed by atoms with Gasteiger partial charge in [0.2, 0.25) is 17.8 Å². The first-order valence-electron chi connectivity index (χ1n) is 10.6. The fraction of sp³-hybridized carbons (Fsp3) is 0.500. The van der Waals surface area contributed by atoms with Crippen LogP contribution in [0.5, 0.6) is 6.01 Å². The Morgan fingerprint density at radius 2 is 1.94 bits per heavy atom. The molecule has 2 saturated heterocycles. The van der Waals surface area contributed by atoms with E-state index < -0.39 is 5.92 Å². The van der Waals surface area contributed by atoms with Crippen LogP contribution < -0.4 is 19.9 Å². The van der Waals surface area contributed by atoms with Gasteiger partial charge >= 0.3 is 6.01 Å². The molecular weight excluding hydrogens is 396 g/mol. The highest BCUT2D eigenvalue weighted by atomic mass is 16.5. The molecule has 2 aliphatic heterocycles. The first-order chi connectivity index (χ1) is 14.9. The lowest BCUT2D eigenvalue weighted by molar-refractivity contribution is -0.126. The van der Waals surface area contributed by atoms with E-state index in [0.717, 1.165) is 37.2 Å². The molecule has 9 heteroatoms. The fourth-order valence-electron chi connectivity index (χ4n) is 3.95. The summed E-state index contributed by atoms with van der Waals surface area (Å²) in [5.41, 5.74) is 3.13. The Morgan fingerprint density at radius 3 is 2.65 bits per heavy atom. The maximum absolute atomic E-state index is 12.8. The van der Waals surface area contributed by atoms with Crippen molar-refractivity contribution in [2.75, 3.05) is 36.5 Å². The van der Waals surface area contributed by atoms with Gasteiger partial charge in [0.1, 0.15) is 0 Å². The van der Waals surface area contributed by atoms with Crippen LogP contribution in [0.3, 0.4) is 0 Å². The molecule has 1 aromatic carbocycles. The van der Waals surface area contributed by atoms with E-state index >= 15 is 0 Å². The number of hydrogen-bond donors (Lipinski definition) is 1. The van der Waals surface area contributed by atoms with Crippen LogP contribution in [0.2, 0.25) is 0 Å². The molecule has 0 aliphatic carbocycles. The number of amides is 2. The topological polar surface area (TPSA) is 101 Å². The highest BCUT2D eigenvalue weighted by Gasteiger charge is 2.35. The van der Waals surface area contributed by atoms with Gasteiger partial charge in [0.15, 0.2) is 5.82 Å². The van der Waals surface area contributed by atoms with Crippen LogP contribution in [0, 0.1) is 19.8 Å². The quantitative estimate of drug-likeness (QED) is 0.754. The number of hydrogen-bond acceptors (Lipinski definition) is 7. The number of carbonyl (C=O) groups excluding carboxylic acids is 2. The van der Waals surface area contributed by atoms with Crippen molar-refractivity contribution in [2.24, 2.45) is 5.92 Å². The van der Waals surface area contributed by atoms with Gasteiger partial charge in [0, 0.05) is 31.7 Å². The molecule has 2 amide bonds. The normalized spacial score (nSPS) is 18.5. The lowest BCUT2D eigenvalue weighted by Crippen LogP contribution is -2.33. The Morgan fingerprint density at radius 1 is 1.16 bits per heavy atom. The average Bonchev–Trinajstić information content (AvgIpc) is 3.44. The molecule has 1 N–H and O–H groups in total. The second-order valence-electron chi connectivity index (χ2n) is 8.12. The maximum atomic E-state index is 12.8. The molecule has 1 unspecified atom stereocenters. The summed E-state index contributed by atoms with van der Waals surface area (Å²) in [6.07, 6.45) is 2.40. The van der Waals surface area contributed by atoms with E-state index in [-0.39, 0.29) is 30.8 Å². The molecule has 1 atom stereocenters. The van der Waals surface area contributed by atoms with Gasteiger partial charge in [-0.25, -0.2) is 0 Å². The molecule has 0 spiro atoms. The third kappa shape index (κ3) is 4.60. The largest absolute Gasteiger partial charge is 0.467 e. The van der Waals surface area contributed by atoms with E-state index in [9.17, 15) is 9.59 Å². The number of methoxy groups -OCH3 is 1. The summed E-state index contributed by atoms with van der Waals surface area (Å²) in [6, 6.07) is 6.15. The number of ether oxygens (including phenoxy) is 1. The third-order valence-corrected chi connectivity index (χ3v) is 5.94. The summed E-state index contributed by atoms with van der Waals surface area (Å²) in [7, 11) is 1.51. The van der Waals surface area contributed by atoms with Crippen LogP contribution in [0.15, 0.2) is 18.2 Å². The average molecular weight is 425 g/mol. The summed E-state index contributed by atoms with van der Waals surface area (Å²) in [5, 5.41) is 2.88. The number of anilines is 2. The summed E-state index contributed by atoms with van der Waals surface area (Å²) >= 11 is 0. The minimum absolute atomic E-state index is 0.0402. The van der Waals surface area contributed by atoms with Gasteiger partial charge in [-0.2, -0.15) is 15.0 Å². The van der Waals surface area contributed by atoms with Crippen LogP contribution >= 0.6 is 0 Å². The van der Waals surface area contributed by atoms with Crippen molar-refractivity contribution in [3.63, 3.8) is 0 Å². The monoisotopic (exact) mass is 424 g/mol. The summed E-state index contributed by atoms with van der Waals surface area (Å²) in [4.78, 5) is 42.1. The minimum Gasteiger partial charge on any atom is -0.467 e. The molecule has 0 bridgehead atoms. The second kappa shape index (κ2) is 8.87. The lowest BCUT2D eigenvalue weighted by atomic mass is 10.1. The molecule has 9 nitrogen and oxygen atoms in total. The number of nitrogens with one attached hydrogen (secondary N) is 1. The molecule has 2 aliphatic rings. The van der Waals surface area contributed by atoms with E-state index in [1.165, 1.54) is 12.7 Å². The van der Waals surface area contributed by atoms with Crippen molar-refractivity contribution < 1.29 is 14.3 Å². The molecule has 164 valence electrons. The Labute approximate surface area is 181 Å². The zero-order chi connectivity index (χ0) is 22.0. The first-order valence-corrected chi connectivity index (χ1v) is 10.6. The van der Waals surface area contributed by atoms with E-state index in [1.54, 1.807) is 4.90 Å². The Balaban J connectivity index is 1.40. The van der Waals surface area contributed by atoms with Crippen LogP contribution in [-0.4, -0.2) is 53.5 Å². The number of nitrogens with zero attached hydrogens (tertiary/aromatic N) is 5. The molecule has 1 aromatic heterocycles. The van der Waals surface area contributed by atoms with Crippen LogP contribution in [0.25, 0.3) is 0 Å². The van der Waals surface area contributed by atoms with Crippen LogP contribution in [0.4, 0.5) is 11.6 Å². The van der Waals surface area contributed by atoms with E-state index in [0.29, 0.717) is 18.3 Å². The van der Waals surface area contributed by atoms with Gasteiger partial charge in [-0.3, -0.25) is 9.59 Å². The van der Waals surface area contributed by atoms with Gasteiger partial charge in [-0.1, -0.05) is 6.07 Å². The standard InChI is InChI=1S/C22H28N6O3/c1-14-6-7-17(10-15(14)2)28-13-16(11-19(28)29)20(30)23-12-18-24-21(26-22(25-18)31-3)27-8-4-5-9-27/h6-7,10,16H,4-5,8-9,11-13H2,1-3H3,(H,23,30). The smallest absolute Gasteiger partial charge is 0.321 e. The fourth-order valence-corrected chi connectivity index (χ4v) is 3.95. The SMILES string of the molecule is COc1nc(CNC(=O)C2CC(=O)N(c3ccc(C)c(C)c3)C2)nc(N2CCCC2)n1. The van der Waals surface area contributed by atoms with Gasteiger partial charge in [-0.05, 0) is 49.9 Å². The van der Waals surface area contributed by atoms with Crippen LogP contribution in [-0.2, 0) is 16.1 Å². The van der Waals surface area contributed by atoms with Gasteiger partial charge in [-0.15, -0.1) is 0 Å². The van der Waals surface area contributed by atoms with E-state index in [2.05, 4.69) is 25.2 Å². The number of benzene rings is 1. The first kappa shape index (κ1) is 21.0. The number of rotatable bonds is 6. The molecular formula is C22H28N6O3. The van der Waals surface area contributed by atoms with Gasteiger partial charge in [0.25, 0.3) is 0 Å². The van der Waals surface area contributed by atoms with Gasteiger partial charge < -0.3 is 19.9 Å². The maximum Gasteiger partial charge on any atom is 0.321 e. The highest BCUT2D eigenvalue weighted by Crippen LogP contribution is 2.27. The number of carbonyl (C=O) groups is 2. The predicted molar refractivity (Wildman–Crippen MR) is 116 cm³/mol. The Kier molecular flexibility index (Phi) is 6.01.